The summed E-state index contributed by atoms with van der Waals surface area (Å²) < 4.78 is 5.44. The first-order valence-electron chi connectivity index (χ1n) is 8.40. The normalized spacial score (nSPS) is 16.8. The summed E-state index contributed by atoms with van der Waals surface area (Å²) in [6.45, 7) is 3.03. The average molecular weight is 370 g/mol. The minimum Gasteiger partial charge on any atom is -0.337 e. The van der Waals surface area contributed by atoms with Crippen molar-refractivity contribution in [1.82, 2.24) is 30.3 Å². The van der Waals surface area contributed by atoms with E-state index in [1.54, 1.807) is 28.6 Å². The first-order valence-corrected chi connectivity index (χ1v) is 9.28. The van der Waals surface area contributed by atoms with Gasteiger partial charge in [-0.2, -0.15) is 4.98 Å². The minimum absolute atomic E-state index is 0.135. The summed E-state index contributed by atoms with van der Waals surface area (Å²) in [7, 11) is 0. The molecule has 1 aliphatic rings. The summed E-state index contributed by atoms with van der Waals surface area (Å²) in [5.74, 6) is 0.975. The highest BCUT2D eigenvalue weighted by atomic mass is 32.1. The van der Waals surface area contributed by atoms with Crippen molar-refractivity contribution in [2.24, 2.45) is 0 Å². The molecule has 1 saturated heterocycles. The van der Waals surface area contributed by atoms with Crippen LogP contribution in [0.2, 0.25) is 0 Å². The number of likely N-dealkylation sites (tertiary alicyclic amines) is 1. The Morgan fingerprint density at radius 2 is 2.23 bits per heavy atom. The van der Waals surface area contributed by atoms with Gasteiger partial charge in [0, 0.05) is 35.6 Å². The number of hydrogen-bond acceptors (Lipinski definition) is 7. The van der Waals surface area contributed by atoms with E-state index in [2.05, 4.69) is 25.4 Å². The van der Waals surface area contributed by atoms with Crippen LogP contribution in [-0.4, -0.2) is 37.6 Å². The molecule has 3 aromatic rings. The molecular formula is C17H18N6O2S. The van der Waals surface area contributed by atoms with Crippen molar-refractivity contribution in [3.05, 3.63) is 46.5 Å². The molecule has 9 heteroatoms. The maximum atomic E-state index is 12.6. The minimum atomic E-state index is -0.198. The Morgan fingerprint density at radius 3 is 3.00 bits per heavy atom. The number of nitrogens with one attached hydrogen (secondary N) is 1. The number of pyridine rings is 1. The lowest BCUT2D eigenvalue weighted by Gasteiger charge is -2.21. The lowest BCUT2D eigenvalue weighted by Crippen LogP contribution is -2.39. The summed E-state index contributed by atoms with van der Waals surface area (Å²) in [5, 5.41) is 9.83. The van der Waals surface area contributed by atoms with E-state index in [4.69, 9.17) is 4.52 Å². The third-order valence-corrected chi connectivity index (χ3v) is 5.20. The zero-order chi connectivity index (χ0) is 17.9. The maximum Gasteiger partial charge on any atom is 0.318 e. The monoisotopic (exact) mass is 370 g/mol. The van der Waals surface area contributed by atoms with E-state index < -0.39 is 0 Å². The summed E-state index contributed by atoms with van der Waals surface area (Å²) >= 11 is 1.54. The molecular weight excluding hydrogens is 352 g/mol. The number of aryl methyl sites for hydroxylation is 1. The predicted molar refractivity (Wildman–Crippen MR) is 95.3 cm³/mol. The molecule has 0 aromatic carbocycles. The van der Waals surface area contributed by atoms with Crippen LogP contribution in [0.4, 0.5) is 4.79 Å². The molecule has 1 atom stereocenters. The fraction of sp³-hybridized carbons (Fsp3) is 0.353. The quantitative estimate of drug-likeness (QED) is 0.758. The van der Waals surface area contributed by atoms with Crippen molar-refractivity contribution in [1.29, 1.82) is 0 Å². The number of carbonyl (C=O) groups is 1. The molecule has 4 heterocycles. The number of carbonyl (C=O) groups excluding carboxylic acids is 1. The van der Waals surface area contributed by atoms with Gasteiger partial charge in [-0.15, -0.1) is 11.3 Å². The molecule has 1 aliphatic heterocycles. The smallest absolute Gasteiger partial charge is 0.318 e. The van der Waals surface area contributed by atoms with Crippen molar-refractivity contribution in [2.45, 2.75) is 32.4 Å². The van der Waals surface area contributed by atoms with Gasteiger partial charge in [0.2, 0.25) is 11.7 Å². The molecule has 26 heavy (non-hydrogen) atoms. The van der Waals surface area contributed by atoms with Gasteiger partial charge in [0.25, 0.3) is 0 Å². The second-order valence-corrected chi connectivity index (χ2v) is 7.03. The molecule has 1 fully saturated rings. The number of thiazole rings is 1. The highest BCUT2D eigenvalue weighted by molar-refractivity contribution is 7.09. The van der Waals surface area contributed by atoms with E-state index in [9.17, 15) is 4.79 Å². The van der Waals surface area contributed by atoms with Crippen molar-refractivity contribution in [3.8, 4) is 11.4 Å². The first kappa shape index (κ1) is 16.6. The SMILES string of the molecule is Cc1csc(CNC(=O)N2CCC[C@H]2c2nc(-c3ccncc3)no2)n1. The van der Waals surface area contributed by atoms with Gasteiger partial charge in [-0.05, 0) is 31.9 Å². The highest BCUT2D eigenvalue weighted by Gasteiger charge is 2.34. The van der Waals surface area contributed by atoms with Crippen molar-refractivity contribution >= 4 is 17.4 Å². The Morgan fingerprint density at radius 1 is 1.38 bits per heavy atom. The van der Waals surface area contributed by atoms with E-state index in [1.165, 1.54) is 0 Å². The molecule has 4 rings (SSSR count). The number of aromatic nitrogens is 4. The van der Waals surface area contributed by atoms with Crippen LogP contribution >= 0.6 is 11.3 Å². The molecule has 0 saturated carbocycles. The van der Waals surface area contributed by atoms with E-state index in [1.807, 2.05) is 24.4 Å². The molecule has 134 valence electrons. The summed E-state index contributed by atoms with van der Waals surface area (Å²) in [5.41, 5.74) is 1.80. The molecule has 0 bridgehead atoms. The largest absolute Gasteiger partial charge is 0.337 e. The third-order valence-electron chi connectivity index (χ3n) is 4.24. The Balaban J connectivity index is 1.44. The third kappa shape index (κ3) is 3.43. The maximum absolute atomic E-state index is 12.6. The Kier molecular flexibility index (Phi) is 4.61. The van der Waals surface area contributed by atoms with Crippen LogP contribution in [0.25, 0.3) is 11.4 Å². The molecule has 0 unspecified atom stereocenters. The number of amides is 2. The molecule has 0 spiro atoms. The first-order chi connectivity index (χ1) is 12.7. The van der Waals surface area contributed by atoms with Gasteiger partial charge in [0.1, 0.15) is 11.0 Å². The number of rotatable bonds is 4. The van der Waals surface area contributed by atoms with E-state index in [-0.39, 0.29) is 12.1 Å². The van der Waals surface area contributed by atoms with Gasteiger partial charge in [-0.25, -0.2) is 9.78 Å². The standard InChI is InChI=1S/C17H18N6O2S/c1-11-10-26-14(20-11)9-19-17(24)23-8-2-3-13(23)16-21-15(22-25-16)12-4-6-18-7-5-12/h4-7,10,13H,2-3,8-9H2,1H3,(H,19,24)/t13-/m0/s1. The molecule has 2 amide bonds. The van der Waals surface area contributed by atoms with Gasteiger partial charge in [-0.3, -0.25) is 4.98 Å². The number of hydrogen-bond donors (Lipinski definition) is 1. The van der Waals surface area contributed by atoms with Crippen LogP contribution in [0.3, 0.4) is 0 Å². The zero-order valence-corrected chi connectivity index (χ0v) is 15.1. The topological polar surface area (TPSA) is 97.0 Å². The Labute approximate surface area is 154 Å². The summed E-state index contributed by atoms with van der Waals surface area (Å²) in [6.07, 6.45) is 5.07. The van der Waals surface area contributed by atoms with Crippen molar-refractivity contribution in [3.63, 3.8) is 0 Å². The fourth-order valence-electron chi connectivity index (χ4n) is 2.99. The summed E-state index contributed by atoms with van der Waals surface area (Å²) in [6, 6.07) is 3.31. The molecule has 8 nitrogen and oxygen atoms in total. The van der Waals surface area contributed by atoms with Crippen LogP contribution in [0, 0.1) is 6.92 Å². The Bertz CT molecular complexity index is 894. The fourth-order valence-corrected chi connectivity index (χ4v) is 3.70. The number of urea groups is 1. The molecule has 3 aromatic heterocycles. The Hall–Kier alpha value is -2.81. The number of nitrogens with zero attached hydrogens (tertiary/aromatic N) is 5. The van der Waals surface area contributed by atoms with Crippen molar-refractivity contribution in [2.75, 3.05) is 6.54 Å². The van der Waals surface area contributed by atoms with Gasteiger partial charge >= 0.3 is 6.03 Å². The predicted octanol–water partition coefficient (Wildman–Crippen LogP) is 2.94. The second-order valence-electron chi connectivity index (χ2n) is 6.08. The van der Waals surface area contributed by atoms with Gasteiger partial charge in [0.05, 0.1) is 6.54 Å². The molecule has 0 radical (unpaired) electrons. The summed E-state index contributed by atoms with van der Waals surface area (Å²) in [4.78, 5) is 27.2. The van der Waals surface area contributed by atoms with Gasteiger partial charge < -0.3 is 14.7 Å². The van der Waals surface area contributed by atoms with Crippen LogP contribution in [-0.2, 0) is 6.54 Å². The van der Waals surface area contributed by atoms with Crippen LogP contribution in [0.15, 0.2) is 34.4 Å². The van der Waals surface area contributed by atoms with Crippen molar-refractivity contribution < 1.29 is 9.32 Å². The van der Waals surface area contributed by atoms with Gasteiger partial charge in [-0.1, -0.05) is 5.16 Å². The van der Waals surface area contributed by atoms with Crippen LogP contribution in [0.1, 0.15) is 35.5 Å². The van der Waals surface area contributed by atoms with Crippen LogP contribution < -0.4 is 5.32 Å². The second kappa shape index (κ2) is 7.20. The highest BCUT2D eigenvalue weighted by Crippen LogP contribution is 2.32. The average Bonchev–Trinajstić information content (AvgIpc) is 3.40. The molecule has 0 aliphatic carbocycles. The molecule has 1 N–H and O–H groups in total. The van der Waals surface area contributed by atoms with E-state index in [0.717, 1.165) is 29.1 Å². The van der Waals surface area contributed by atoms with Gasteiger partial charge in [0.15, 0.2) is 0 Å². The lowest BCUT2D eigenvalue weighted by atomic mass is 10.2. The van der Waals surface area contributed by atoms with E-state index >= 15 is 0 Å². The van der Waals surface area contributed by atoms with Crippen LogP contribution in [0.5, 0.6) is 0 Å². The lowest BCUT2D eigenvalue weighted by molar-refractivity contribution is 0.180. The van der Waals surface area contributed by atoms with E-state index in [0.29, 0.717) is 24.8 Å². The zero-order valence-electron chi connectivity index (χ0n) is 14.3.